The number of carbonyl (C=O) groups excluding carboxylic acids is 1. The van der Waals surface area contributed by atoms with Gasteiger partial charge in [0, 0.05) is 12.0 Å². The highest BCUT2D eigenvalue weighted by molar-refractivity contribution is 5.75. The summed E-state index contributed by atoms with van der Waals surface area (Å²) in [6.45, 7) is 5.64. The van der Waals surface area contributed by atoms with Crippen molar-refractivity contribution in [3.05, 3.63) is 35.7 Å². The lowest BCUT2D eigenvalue weighted by Gasteiger charge is -2.07. The van der Waals surface area contributed by atoms with Crippen molar-refractivity contribution in [2.24, 2.45) is 0 Å². The molecule has 1 atom stereocenters. The zero-order chi connectivity index (χ0) is 13.8. The molecule has 0 saturated heterocycles. The number of amides is 1. The van der Waals surface area contributed by atoms with Gasteiger partial charge in [0.05, 0.1) is 0 Å². The van der Waals surface area contributed by atoms with Crippen LogP contribution in [0.3, 0.4) is 0 Å². The molecule has 5 heteroatoms. The maximum Gasteiger partial charge on any atom is 0.249 e. The Labute approximate surface area is 112 Å². The number of hydrogen-bond donors (Lipinski definition) is 1. The van der Waals surface area contributed by atoms with Crippen LogP contribution in [0.4, 0.5) is 0 Å². The minimum absolute atomic E-state index is 0.0393. The number of hydrogen-bond acceptors (Lipinski definition) is 4. The first-order chi connectivity index (χ1) is 9.10. The van der Waals surface area contributed by atoms with E-state index >= 15 is 0 Å². The van der Waals surface area contributed by atoms with Crippen LogP contribution in [-0.4, -0.2) is 16.0 Å². The average Bonchev–Trinajstić information content (AvgIpc) is 2.89. The quantitative estimate of drug-likeness (QED) is 0.916. The Kier molecular flexibility index (Phi) is 3.94. The van der Waals surface area contributed by atoms with E-state index in [0.29, 0.717) is 18.1 Å². The van der Waals surface area contributed by atoms with Gasteiger partial charge in [-0.3, -0.25) is 4.79 Å². The van der Waals surface area contributed by atoms with Crippen LogP contribution in [0, 0.1) is 6.92 Å². The molecule has 2 rings (SSSR count). The first-order valence-electron chi connectivity index (χ1n) is 6.30. The minimum Gasteiger partial charge on any atom is -0.345 e. The summed E-state index contributed by atoms with van der Waals surface area (Å²) in [6, 6.07) is 7.60. The predicted octanol–water partition coefficient (Wildman–Crippen LogP) is 2.63. The zero-order valence-corrected chi connectivity index (χ0v) is 11.3. The lowest BCUT2D eigenvalue weighted by atomic mass is 10.1. The maximum absolute atomic E-state index is 11.3. The first-order valence-corrected chi connectivity index (χ1v) is 6.30. The molecule has 1 N–H and O–H groups in total. The molecule has 0 fully saturated rings. The molecule has 100 valence electrons. The molecule has 0 aliphatic heterocycles. The second-order valence-corrected chi connectivity index (χ2v) is 4.47. The van der Waals surface area contributed by atoms with Crippen molar-refractivity contribution >= 4 is 5.91 Å². The molecule has 0 saturated carbocycles. The molecule has 0 bridgehead atoms. The van der Waals surface area contributed by atoms with Gasteiger partial charge in [0.2, 0.25) is 17.6 Å². The third kappa shape index (κ3) is 3.19. The van der Waals surface area contributed by atoms with E-state index in [1.165, 1.54) is 5.56 Å². The number of aryl methyl sites for hydroxylation is 1. The zero-order valence-electron chi connectivity index (χ0n) is 11.3. The van der Waals surface area contributed by atoms with Gasteiger partial charge in [-0.15, -0.1) is 0 Å². The summed E-state index contributed by atoms with van der Waals surface area (Å²) in [5.41, 5.74) is 2.07. The lowest BCUT2D eigenvalue weighted by Crippen LogP contribution is -2.25. The van der Waals surface area contributed by atoms with Crippen LogP contribution >= 0.6 is 0 Å². The van der Waals surface area contributed by atoms with Crippen LogP contribution in [0.2, 0.25) is 0 Å². The standard InChI is InChI=1S/C14H17N3O2/c1-4-12(18)15-10(3)14-16-13(17-19-14)11-7-5-9(2)6-8-11/h5-8,10H,4H2,1-3H3,(H,15,18)/t10-/m0/s1. The van der Waals surface area contributed by atoms with Crippen LogP contribution in [0.5, 0.6) is 0 Å². The number of carbonyl (C=O) groups is 1. The summed E-state index contributed by atoms with van der Waals surface area (Å²) in [4.78, 5) is 15.6. The van der Waals surface area contributed by atoms with Gasteiger partial charge in [-0.25, -0.2) is 0 Å². The molecule has 0 aliphatic carbocycles. The molecule has 0 radical (unpaired) electrons. The van der Waals surface area contributed by atoms with Crippen LogP contribution < -0.4 is 5.32 Å². The van der Waals surface area contributed by atoms with Crippen LogP contribution in [-0.2, 0) is 4.79 Å². The predicted molar refractivity (Wildman–Crippen MR) is 71.3 cm³/mol. The van der Waals surface area contributed by atoms with Crippen molar-refractivity contribution in [3.8, 4) is 11.4 Å². The van der Waals surface area contributed by atoms with Gasteiger partial charge in [0.25, 0.3) is 0 Å². The highest BCUT2D eigenvalue weighted by atomic mass is 16.5. The van der Waals surface area contributed by atoms with Gasteiger partial charge in [0.15, 0.2) is 0 Å². The van der Waals surface area contributed by atoms with Crippen molar-refractivity contribution < 1.29 is 9.32 Å². The Morgan fingerprint density at radius 2 is 2.05 bits per heavy atom. The molecular formula is C14H17N3O2. The molecule has 0 aliphatic rings. The van der Waals surface area contributed by atoms with E-state index in [9.17, 15) is 4.79 Å². The van der Waals surface area contributed by atoms with E-state index in [1.54, 1.807) is 6.92 Å². The summed E-state index contributed by atoms with van der Waals surface area (Å²) >= 11 is 0. The molecule has 1 heterocycles. The van der Waals surface area contributed by atoms with Gasteiger partial charge in [-0.2, -0.15) is 4.98 Å². The summed E-state index contributed by atoms with van der Waals surface area (Å²) in [5, 5.41) is 6.72. The minimum atomic E-state index is -0.279. The van der Waals surface area contributed by atoms with Gasteiger partial charge >= 0.3 is 0 Å². The second kappa shape index (κ2) is 5.65. The summed E-state index contributed by atoms with van der Waals surface area (Å²) < 4.78 is 5.18. The Bertz CT molecular complexity index is 560. The molecule has 1 aromatic heterocycles. The number of nitrogens with zero attached hydrogens (tertiary/aromatic N) is 2. The molecule has 0 unspecified atom stereocenters. The number of aromatic nitrogens is 2. The molecule has 5 nitrogen and oxygen atoms in total. The van der Waals surface area contributed by atoms with Crippen LogP contribution in [0.25, 0.3) is 11.4 Å². The second-order valence-electron chi connectivity index (χ2n) is 4.47. The van der Waals surface area contributed by atoms with E-state index in [-0.39, 0.29) is 11.9 Å². The highest BCUT2D eigenvalue weighted by Gasteiger charge is 2.16. The van der Waals surface area contributed by atoms with Gasteiger partial charge in [-0.1, -0.05) is 41.9 Å². The van der Waals surface area contributed by atoms with E-state index in [1.807, 2.05) is 38.1 Å². The highest BCUT2D eigenvalue weighted by Crippen LogP contribution is 2.19. The Morgan fingerprint density at radius 3 is 2.68 bits per heavy atom. The SMILES string of the molecule is CCC(=O)N[C@@H](C)c1nc(-c2ccc(C)cc2)no1. The molecule has 2 aromatic rings. The van der Waals surface area contributed by atoms with Crippen LogP contribution in [0.1, 0.15) is 37.8 Å². The fourth-order valence-corrected chi connectivity index (χ4v) is 1.64. The van der Waals surface area contributed by atoms with Crippen molar-refractivity contribution in [2.45, 2.75) is 33.2 Å². The number of rotatable bonds is 4. The van der Waals surface area contributed by atoms with Crippen molar-refractivity contribution in [1.29, 1.82) is 0 Å². The van der Waals surface area contributed by atoms with Crippen LogP contribution in [0.15, 0.2) is 28.8 Å². The Balaban J connectivity index is 2.14. The summed E-state index contributed by atoms with van der Waals surface area (Å²) in [6.07, 6.45) is 0.434. The normalized spacial score (nSPS) is 12.2. The molecular weight excluding hydrogens is 242 g/mol. The van der Waals surface area contributed by atoms with E-state index in [0.717, 1.165) is 5.56 Å². The lowest BCUT2D eigenvalue weighted by molar-refractivity contribution is -0.121. The molecule has 1 amide bonds. The van der Waals surface area contributed by atoms with Crippen molar-refractivity contribution in [1.82, 2.24) is 15.5 Å². The van der Waals surface area contributed by atoms with Gasteiger partial charge in [0.1, 0.15) is 6.04 Å². The average molecular weight is 259 g/mol. The van der Waals surface area contributed by atoms with Crippen molar-refractivity contribution in [2.75, 3.05) is 0 Å². The fourth-order valence-electron chi connectivity index (χ4n) is 1.64. The molecule has 1 aromatic carbocycles. The molecule has 0 spiro atoms. The van der Waals surface area contributed by atoms with E-state index < -0.39 is 0 Å². The van der Waals surface area contributed by atoms with Crippen molar-refractivity contribution in [3.63, 3.8) is 0 Å². The smallest absolute Gasteiger partial charge is 0.249 e. The largest absolute Gasteiger partial charge is 0.345 e. The van der Waals surface area contributed by atoms with Gasteiger partial charge < -0.3 is 9.84 Å². The third-order valence-corrected chi connectivity index (χ3v) is 2.82. The van der Waals surface area contributed by atoms with E-state index in [2.05, 4.69) is 15.5 Å². The Morgan fingerprint density at radius 1 is 1.37 bits per heavy atom. The summed E-state index contributed by atoms with van der Waals surface area (Å²) in [7, 11) is 0. The molecule has 19 heavy (non-hydrogen) atoms. The van der Waals surface area contributed by atoms with E-state index in [4.69, 9.17) is 4.52 Å². The third-order valence-electron chi connectivity index (χ3n) is 2.82. The fraction of sp³-hybridized carbons (Fsp3) is 0.357. The first kappa shape index (κ1) is 13.3. The summed E-state index contributed by atoms with van der Waals surface area (Å²) in [5.74, 6) is 0.910. The van der Waals surface area contributed by atoms with Gasteiger partial charge in [-0.05, 0) is 13.8 Å². The number of nitrogens with one attached hydrogen (secondary N) is 1. The topological polar surface area (TPSA) is 68.0 Å². The number of benzene rings is 1. The monoisotopic (exact) mass is 259 g/mol. The Hall–Kier alpha value is -2.17. The maximum atomic E-state index is 11.3.